The van der Waals surface area contributed by atoms with Crippen molar-refractivity contribution in [2.75, 3.05) is 18.4 Å². The van der Waals surface area contributed by atoms with E-state index in [2.05, 4.69) is 49.4 Å². The molecule has 0 spiro atoms. The van der Waals surface area contributed by atoms with Gasteiger partial charge in [-0.2, -0.15) is 5.10 Å². The van der Waals surface area contributed by atoms with Crippen molar-refractivity contribution in [2.24, 2.45) is 7.05 Å². The molecule has 1 saturated heterocycles. The summed E-state index contributed by atoms with van der Waals surface area (Å²) in [5.41, 5.74) is 3.81. The van der Waals surface area contributed by atoms with E-state index >= 15 is 0 Å². The summed E-state index contributed by atoms with van der Waals surface area (Å²) in [6, 6.07) is 13.5. The molecule has 5 aromatic rings. The van der Waals surface area contributed by atoms with Crippen LogP contribution in [-0.4, -0.2) is 58.8 Å². The molecule has 1 fully saturated rings. The Labute approximate surface area is 218 Å². The zero-order chi connectivity index (χ0) is 26.4. The van der Waals surface area contributed by atoms with E-state index < -0.39 is 11.6 Å². The monoisotopic (exact) mass is 515 g/mol. The Morgan fingerprint density at radius 1 is 0.974 bits per heavy atom. The molecule has 194 valence electrons. The van der Waals surface area contributed by atoms with Gasteiger partial charge in [0.1, 0.15) is 23.0 Å². The van der Waals surface area contributed by atoms with Crippen LogP contribution in [0.5, 0.6) is 0 Å². The predicted molar refractivity (Wildman–Crippen MR) is 140 cm³/mol. The summed E-state index contributed by atoms with van der Waals surface area (Å²) < 4.78 is 31.8. The zero-order valence-corrected chi connectivity index (χ0v) is 21.3. The Bertz CT molecular complexity index is 1590. The first kappa shape index (κ1) is 24.1. The Balaban J connectivity index is 1.33. The molecule has 2 atom stereocenters. The van der Waals surface area contributed by atoms with Crippen molar-refractivity contribution in [3.8, 4) is 11.3 Å². The Morgan fingerprint density at radius 2 is 1.79 bits per heavy atom. The van der Waals surface area contributed by atoms with Gasteiger partial charge >= 0.3 is 0 Å². The van der Waals surface area contributed by atoms with Gasteiger partial charge in [-0.05, 0) is 49.7 Å². The van der Waals surface area contributed by atoms with E-state index in [9.17, 15) is 8.78 Å². The fourth-order valence-electron chi connectivity index (χ4n) is 5.14. The van der Waals surface area contributed by atoms with Crippen LogP contribution in [0.1, 0.15) is 31.4 Å². The molecule has 0 radical (unpaired) electrons. The Kier molecular flexibility index (Phi) is 6.07. The molecule has 0 bridgehead atoms. The minimum atomic E-state index is -0.572. The molecule has 1 N–H and O–H groups in total. The maximum atomic E-state index is 14.1. The molecule has 38 heavy (non-hydrogen) atoms. The van der Waals surface area contributed by atoms with Gasteiger partial charge in [-0.1, -0.05) is 11.3 Å². The number of hydrogen-bond donors (Lipinski definition) is 1. The van der Waals surface area contributed by atoms with Gasteiger partial charge in [0.05, 0.1) is 23.4 Å². The van der Waals surface area contributed by atoms with E-state index in [-0.39, 0.29) is 18.0 Å². The highest BCUT2D eigenvalue weighted by Crippen LogP contribution is 2.39. The number of halogens is 2. The molecule has 0 amide bonds. The van der Waals surface area contributed by atoms with Crippen LogP contribution < -0.4 is 5.32 Å². The molecule has 6 rings (SSSR count). The van der Waals surface area contributed by atoms with Crippen LogP contribution in [0.3, 0.4) is 0 Å². The first-order valence-corrected chi connectivity index (χ1v) is 12.5. The molecule has 0 unspecified atom stereocenters. The quantitative estimate of drug-likeness (QED) is 0.351. The van der Waals surface area contributed by atoms with Gasteiger partial charge in [-0.15, -0.1) is 5.10 Å². The van der Waals surface area contributed by atoms with Gasteiger partial charge in [0.25, 0.3) is 0 Å². The fourth-order valence-corrected chi connectivity index (χ4v) is 5.14. The van der Waals surface area contributed by atoms with Crippen molar-refractivity contribution in [2.45, 2.75) is 31.8 Å². The lowest BCUT2D eigenvalue weighted by molar-refractivity contribution is 0.262. The van der Waals surface area contributed by atoms with Crippen LogP contribution in [0.15, 0.2) is 60.9 Å². The lowest BCUT2D eigenvalue weighted by Crippen LogP contribution is -2.28. The van der Waals surface area contributed by atoms with Gasteiger partial charge in [-0.3, -0.25) is 9.58 Å². The molecule has 0 saturated carbocycles. The number of rotatable bonds is 6. The van der Waals surface area contributed by atoms with Gasteiger partial charge in [0, 0.05) is 56.0 Å². The normalized spacial score (nSPS) is 18.1. The number of aromatic nitrogens is 7. The van der Waals surface area contributed by atoms with Crippen LogP contribution in [0.2, 0.25) is 0 Å². The summed E-state index contributed by atoms with van der Waals surface area (Å²) in [6.07, 6.45) is 3.40. The number of nitrogens with zero attached hydrogens (tertiary/aromatic N) is 8. The third kappa shape index (κ3) is 4.49. The van der Waals surface area contributed by atoms with E-state index in [1.54, 1.807) is 17.1 Å². The van der Waals surface area contributed by atoms with Gasteiger partial charge in [0.15, 0.2) is 0 Å². The first-order chi connectivity index (χ1) is 18.4. The third-order valence-electron chi connectivity index (χ3n) is 7.16. The second kappa shape index (κ2) is 9.56. The van der Waals surface area contributed by atoms with Crippen molar-refractivity contribution in [1.82, 2.24) is 39.6 Å². The van der Waals surface area contributed by atoms with Crippen LogP contribution in [0.25, 0.3) is 22.3 Å². The molecule has 4 heterocycles. The van der Waals surface area contributed by atoms with Crippen molar-refractivity contribution in [3.05, 3.63) is 78.1 Å². The number of anilines is 2. The number of likely N-dealkylation sites (tertiary alicyclic amines) is 1. The average Bonchev–Trinajstić information content (AvgIpc) is 3.61. The topological polar surface area (TPSA) is 89.6 Å². The standard InChI is InChI=1S/C27H27F2N9/c1-16(2)37-14-21(18-10-19(28)13-20(29)11-18)25(15-37)38-24-5-4-17(12-23(24)34-35-38)22-6-8-30-27(32-22)33-26-7-9-31-36(26)3/h4-13,16,21,25H,14-15H2,1-3H3,(H,30,32,33)/t21-,25+/m0/s1. The smallest absolute Gasteiger partial charge is 0.228 e. The molecule has 9 nitrogen and oxygen atoms in total. The zero-order valence-electron chi connectivity index (χ0n) is 21.3. The molecular weight excluding hydrogens is 488 g/mol. The van der Waals surface area contributed by atoms with Crippen molar-refractivity contribution in [3.63, 3.8) is 0 Å². The number of benzene rings is 2. The van der Waals surface area contributed by atoms with E-state index in [4.69, 9.17) is 0 Å². The second-order valence-electron chi connectivity index (χ2n) is 9.89. The van der Waals surface area contributed by atoms with Crippen LogP contribution >= 0.6 is 0 Å². The highest BCUT2D eigenvalue weighted by atomic mass is 19.1. The summed E-state index contributed by atoms with van der Waals surface area (Å²) >= 11 is 0. The second-order valence-corrected chi connectivity index (χ2v) is 9.89. The highest BCUT2D eigenvalue weighted by Gasteiger charge is 2.38. The maximum absolute atomic E-state index is 14.1. The van der Waals surface area contributed by atoms with Crippen LogP contribution in [-0.2, 0) is 7.05 Å². The molecule has 1 aliphatic heterocycles. The lowest BCUT2D eigenvalue weighted by Gasteiger charge is -2.20. The maximum Gasteiger partial charge on any atom is 0.228 e. The SMILES string of the molecule is CC(C)N1C[C@@H](n2nnc3cc(-c4ccnc(Nc5ccnn5C)n4)ccc32)[C@H](c2cc(F)cc(F)c2)C1. The summed E-state index contributed by atoms with van der Waals surface area (Å²) in [4.78, 5) is 11.3. The number of nitrogens with one attached hydrogen (secondary N) is 1. The summed E-state index contributed by atoms with van der Waals surface area (Å²) in [5.74, 6) is -0.0383. The van der Waals surface area contributed by atoms with Crippen molar-refractivity contribution < 1.29 is 8.78 Å². The minimum Gasteiger partial charge on any atom is -0.309 e. The Hall–Kier alpha value is -4.25. The summed E-state index contributed by atoms with van der Waals surface area (Å²) in [7, 11) is 1.84. The highest BCUT2D eigenvalue weighted by molar-refractivity contribution is 5.81. The van der Waals surface area contributed by atoms with E-state index in [1.165, 1.54) is 12.1 Å². The van der Waals surface area contributed by atoms with Crippen LogP contribution in [0.4, 0.5) is 20.5 Å². The van der Waals surface area contributed by atoms with E-state index in [0.29, 0.717) is 24.6 Å². The van der Waals surface area contributed by atoms with E-state index in [0.717, 1.165) is 34.2 Å². The van der Waals surface area contributed by atoms with Gasteiger partial charge in [0.2, 0.25) is 5.95 Å². The summed E-state index contributed by atoms with van der Waals surface area (Å²) in [6.45, 7) is 5.63. The number of fused-ring (bicyclic) bond motifs is 1. The predicted octanol–water partition coefficient (Wildman–Crippen LogP) is 4.69. The van der Waals surface area contributed by atoms with Gasteiger partial charge < -0.3 is 5.32 Å². The van der Waals surface area contributed by atoms with Gasteiger partial charge in [-0.25, -0.2) is 23.4 Å². The molecular formula is C27H27F2N9. The van der Waals surface area contributed by atoms with E-state index in [1.807, 2.05) is 42.1 Å². The fraction of sp³-hybridized carbons (Fsp3) is 0.296. The Morgan fingerprint density at radius 3 is 2.53 bits per heavy atom. The molecule has 11 heteroatoms. The van der Waals surface area contributed by atoms with Crippen molar-refractivity contribution >= 4 is 22.8 Å². The molecule has 0 aliphatic carbocycles. The largest absolute Gasteiger partial charge is 0.309 e. The summed E-state index contributed by atoms with van der Waals surface area (Å²) in [5, 5.41) is 16.3. The minimum absolute atomic E-state index is 0.122. The number of hydrogen-bond acceptors (Lipinski definition) is 7. The first-order valence-electron chi connectivity index (χ1n) is 12.5. The molecule has 2 aromatic carbocycles. The number of aryl methyl sites for hydroxylation is 1. The lowest BCUT2D eigenvalue weighted by atomic mass is 9.94. The molecule has 1 aliphatic rings. The average molecular weight is 516 g/mol. The van der Waals surface area contributed by atoms with Crippen LogP contribution in [0, 0.1) is 11.6 Å². The van der Waals surface area contributed by atoms with Crippen molar-refractivity contribution in [1.29, 1.82) is 0 Å². The third-order valence-corrected chi connectivity index (χ3v) is 7.16. The molecule has 3 aromatic heterocycles.